The van der Waals surface area contributed by atoms with Gasteiger partial charge in [0, 0.05) is 4.47 Å². The van der Waals surface area contributed by atoms with Gasteiger partial charge < -0.3 is 10.0 Å². The molecule has 0 aromatic heterocycles. The lowest BCUT2D eigenvalue weighted by molar-refractivity contribution is -0.0860. The average Bonchev–Trinajstić information content (AvgIpc) is 2.28. The molecule has 1 N–H and O–H groups in total. The molecule has 1 aliphatic rings. The van der Waals surface area contributed by atoms with Gasteiger partial charge in [0.2, 0.25) is 0 Å². The van der Waals surface area contributed by atoms with E-state index in [1.54, 1.807) is 4.90 Å². The molecule has 0 spiro atoms. The molecule has 1 aromatic rings. The molecular weight excluding hydrogens is 294 g/mol. The van der Waals surface area contributed by atoms with E-state index in [9.17, 15) is 9.90 Å². The zero-order chi connectivity index (χ0) is 13.3. The Bertz CT molecular complexity index is 467. The van der Waals surface area contributed by atoms with Crippen molar-refractivity contribution in [2.24, 2.45) is 0 Å². The van der Waals surface area contributed by atoms with Crippen LogP contribution in [0.4, 0.5) is 0 Å². The van der Waals surface area contributed by atoms with E-state index in [0.717, 1.165) is 22.9 Å². The number of β-amino-alcohol motifs (C(OH)–C–C–N with tert-alkyl or cyclic N) is 1. The van der Waals surface area contributed by atoms with Crippen LogP contribution in [0.3, 0.4) is 0 Å². The summed E-state index contributed by atoms with van der Waals surface area (Å²) in [6, 6.07) is 5.73. The molecular formula is C14H18BrNO2. The third-order valence-electron chi connectivity index (χ3n) is 3.33. The average molecular weight is 312 g/mol. The third kappa shape index (κ3) is 2.59. The van der Waals surface area contributed by atoms with Crippen molar-refractivity contribution in [3.05, 3.63) is 33.8 Å². The second-order valence-electron chi connectivity index (χ2n) is 5.12. The fraction of sp³-hybridized carbons (Fsp3) is 0.500. The highest BCUT2D eigenvalue weighted by Gasteiger charge is 2.43. The summed E-state index contributed by atoms with van der Waals surface area (Å²) in [6.07, 6.45) is 1.69. The summed E-state index contributed by atoms with van der Waals surface area (Å²) in [5.74, 6) is -0.00801. The third-order valence-corrected chi connectivity index (χ3v) is 4.02. The Hall–Kier alpha value is -0.870. The molecule has 18 heavy (non-hydrogen) atoms. The molecule has 1 aliphatic heterocycles. The van der Waals surface area contributed by atoms with E-state index in [1.165, 1.54) is 0 Å². The number of benzene rings is 1. The number of aliphatic hydroxyl groups is 1. The molecule has 2 rings (SSSR count). The van der Waals surface area contributed by atoms with Gasteiger partial charge in [-0.15, -0.1) is 0 Å². The van der Waals surface area contributed by atoms with Gasteiger partial charge in [-0.1, -0.05) is 25.0 Å². The highest BCUT2D eigenvalue weighted by atomic mass is 79.9. The maximum Gasteiger partial charge on any atom is 0.255 e. The number of rotatable bonds is 3. The molecule has 0 unspecified atom stereocenters. The van der Waals surface area contributed by atoms with Crippen molar-refractivity contribution in [3.63, 3.8) is 0 Å². The number of likely N-dealkylation sites (tertiary alicyclic amines) is 1. The van der Waals surface area contributed by atoms with Crippen LogP contribution in [-0.4, -0.2) is 34.6 Å². The molecule has 1 heterocycles. The van der Waals surface area contributed by atoms with Crippen molar-refractivity contribution >= 4 is 21.8 Å². The van der Waals surface area contributed by atoms with Gasteiger partial charge in [0.05, 0.1) is 24.3 Å². The highest BCUT2D eigenvalue weighted by Crippen LogP contribution is 2.29. The molecule has 1 aromatic carbocycles. The van der Waals surface area contributed by atoms with Crippen LogP contribution in [0.1, 0.15) is 35.7 Å². The number of aryl methyl sites for hydroxylation is 1. The Balaban J connectivity index is 2.08. The molecule has 1 saturated heterocycles. The standard InChI is InChI=1S/C14H18BrNO2/c1-3-6-14(18)8-16(9-14)13(17)11-7-10(2)4-5-12(11)15/h4-5,7,18H,3,6,8-9H2,1-2H3. The number of hydrogen-bond donors (Lipinski definition) is 1. The molecule has 3 nitrogen and oxygen atoms in total. The van der Waals surface area contributed by atoms with Crippen molar-refractivity contribution in [2.45, 2.75) is 32.3 Å². The number of amides is 1. The van der Waals surface area contributed by atoms with Gasteiger partial charge in [-0.25, -0.2) is 0 Å². The smallest absolute Gasteiger partial charge is 0.255 e. The minimum absolute atomic E-state index is 0.00801. The first-order valence-electron chi connectivity index (χ1n) is 6.23. The summed E-state index contributed by atoms with van der Waals surface area (Å²) in [6.45, 7) is 4.90. The lowest BCUT2D eigenvalue weighted by Gasteiger charge is -2.46. The first-order valence-corrected chi connectivity index (χ1v) is 7.02. The van der Waals surface area contributed by atoms with Crippen LogP contribution in [0.25, 0.3) is 0 Å². The van der Waals surface area contributed by atoms with E-state index in [0.29, 0.717) is 18.7 Å². The fourth-order valence-electron chi connectivity index (χ4n) is 2.40. The van der Waals surface area contributed by atoms with Crippen LogP contribution in [0, 0.1) is 6.92 Å². The van der Waals surface area contributed by atoms with E-state index in [1.807, 2.05) is 32.0 Å². The summed E-state index contributed by atoms with van der Waals surface area (Å²) in [4.78, 5) is 14.0. The Kier molecular flexibility index (Phi) is 3.78. The summed E-state index contributed by atoms with van der Waals surface area (Å²) >= 11 is 3.40. The Morgan fingerprint density at radius 2 is 2.17 bits per heavy atom. The molecule has 0 saturated carbocycles. The maximum atomic E-state index is 12.3. The second-order valence-corrected chi connectivity index (χ2v) is 5.97. The van der Waals surface area contributed by atoms with Gasteiger partial charge in [-0.3, -0.25) is 4.79 Å². The van der Waals surface area contributed by atoms with Crippen molar-refractivity contribution in [3.8, 4) is 0 Å². The Morgan fingerprint density at radius 1 is 1.50 bits per heavy atom. The van der Waals surface area contributed by atoms with Gasteiger partial charge in [0.25, 0.3) is 5.91 Å². The molecule has 4 heteroatoms. The van der Waals surface area contributed by atoms with Gasteiger partial charge in [-0.2, -0.15) is 0 Å². The maximum absolute atomic E-state index is 12.3. The van der Waals surface area contributed by atoms with Crippen LogP contribution in [0.15, 0.2) is 22.7 Å². The summed E-state index contributed by atoms with van der Waals surface area (Å²) in [7, 11) is 0. The molecule has 0 aliphatic carbocycles. The SMILES string of the molecule is CCCC1(O)CN(C(=O)c2cc(C)ccc2Br)C1. The summed E-state index contributed by atoms with van der Waals surface area (Å²) < 4.78 is 0.809. The van der Waals surface area contributed by atoms with Crippen LogP contribution in [0.2, 0.25) is 0 Å². The van der Waals surface area contributed by atoms with Crippen molar-refractivity contribution in [1.82, 2.24) is 4.90 Å². The monoisotopic (exact) mass is 311 g/mol. The molecule has 1 fully saturated rings. The zero-order valence-corrected chi connectivity index (χ0v) is 12.3. The number of carbonyl (C=O) groups is 1. The number of hydrogen-bond acceptors (Lipinski definition) is 2. The zero-order valence-electron chi connectivity index (χ0n) is 10.7. The van der Waals surface area contributed by atoms with E-state index < -0.39 is 5.60 Å². The van der Waals surface area contributed by atoms with Crippen molar-refractivity contribution in [2.75, 3.05) is 13.1 Å². The second kappa shape index (κ2) is 5.02. The first-order chi connectivity index (χ1) is 8.45. The molecule has 0 radical (unpaired) electrons. The summed E-state index contributed by atoms with van der Waals surface area (Å²) in [5.41, 5.74) is 1.07. The summed E-state index contributed by atoms with van der Waals surface area (Å²) in [5, 5.41) is 10.1. The minimum Gasteiger partial charge on any atom is -0.386 e. The minimum atomic E-state index is -0.666. The topological polar surface area (TPSA) is 40.5 Å². The lowest BCUT2D eigenvalue weighted by Crippen LogP contribution is -2.63. The van der Waals surface area contributed by atoms with Gasteiger partial charge in [0.1, 0.15) is 0 Å². The van der Waals surface area contributed by atoms with E-state index in [4.69, 9.17) is 0 Å². The van der Waals surface area contributed by atoms with E-state index in [-0.39, 0.29) is 5.91 Å². The molecule has 0 bridgehead atoms. The number of halogens is 1. The quantitative estimate of drug-likeness (QED) is 0.932. The highest BCUT2D eigenvalue weighted by molar-refractivity contribution is 9.10. The normalized spacial score (nSPS) is 17.4. The van der Waals surface area contributed by atoms with Crippen molar-refractivity contribution in [1.29, 1.82) is 0 Å². The van der Waals surface area contributed by atoms with Crippen LogP contribution >= 0.6 is 15.9 Å². The van der Waals surface area contributed by atoms with Crippen LogP contribution < -0.4 is 0 Å². The first kappa shape index (κ1) is 13.6. The van der Waals surface area contributed by atoms with Gasteiger partial charge in [0.15, 0.2) is 0 Å². The predicted molar refractivity (Wildman–Crippen MR) is 74.6 cm³/mol. The van der Waals surface area contributed by atoms with Gasteiger partial charge >= 0.3 is 0 Å². The largest absolute Gasteiger partial charge is 0.386 e. The lowest BCUT2D eigenvalue weighted by atomic mass is 9.88. The van der Waals surface area contributed by atoms with Crippen molar-refractivity contribution < 1.29 is 9.90 Å². The Morgan fingerprint density at radius 3 is 2.78 bits per heavy atom. The molecule has 0 atom stereocenters. The van der Waals surface area contributed by atoms with Gasteiger partial charge in [-0.05, 0) is 41.4 Å². The fourth-order valence-corrected chi connectivity index (χ4v) is 2.82. The van der Waals surface area contributed by atoms with E-state index in [2.05, 4.69) is 15.9 Å². The molecule has 98 valence electrons. The predicted octanol–water partition coefficient (Wildman–Crippen LogP) is 2.74. The number of carbonyl (C=O) groups excluding carboxylic acids is 1. The number of nitrogens with zero attached hydrogens (tertiary/aromatic N) is 1. The van der Waals surface area contributed by atoms with Crippen LogP contribution in [-0.2, 0) is 0 Å². The Labute approximate surface area is 116 Å². The van der Waals surface area contributed by atoms with E-state index >= 15 is 0 Å². The van der Waals surface area contributed by atoms with Crippen LogP contribution in [0.5, 0.6) is 0 Å². The molecule has 1 amide bonds.